The Balaban J connectivity index is 2.04. The Hall–Kier alpha value is -2.60. The summed E-state index contributed by atoms with van der Waals surface area (Å²) in [6.07, 6.45) is 0.620. The van der Waals surface area contributed by atoms with Crippen LogP contribution < -0.4 is 10.1 Å². The Kier molecular flexibility index (Phi) is 3.45. The molecule has 0 saturated carbocycles. The molecule has 0 fully saturated rings. The number of nitrogens with one attached hydrogen (secondary N) is 1. The van der Waals surface area contributed by atoms with Crippen molar-refractivity contribution >= 4 is 34.7 Å². The lowest BCUT2D eigenvalue weighted by Crippen LogP contribution is -1.98. The van der Waals surface area contributed by atoms with E-state index in [0.29, 0.717) is 28.4 Å². The van der Waals surface area contributed by atoms with E-state index in [2.05, 4.69) is 15.5 Å². The monoisotopic (exact) mass is 302 g/mol. The van der Waals surface area contributed by atoms with Gasteiger partial charge in [0.05, 0.1) is 17.8 Å². The van der Waals surface area contributed by atoms with Crippen LogP contribution in [0.4, 0.5) is 5.69 Å². The van der Waals surface area contributed by atoms with Gasteiger partial charge in [0.15, 0.2) is 0 Å². The van der Waals surface area contributed by atoms with E-state index < -0.39 is 0 Å². The van der Waals surface area contributed by atoms with Crippen LogP contribution in [0.15, 0.2) is 36.4 Å². The highest BCUT2D eigenvalue weighted by atomic mass is 35.5. The summed E-state index contributed by atoms with van der Waals surface area (Å²) in [5, 5.41) is 11.8. The summed E-state index contributed by atoms with van der Waals surface area (Å²) < 4.78 is 5.11. The van der Waals surface area contributed by atoms with Gasteiger partial charge in [-0.05, 0) is 36.4 Å². The minimum atomic E-state index is 0.486. The first-order valence-electron chi connectivity index (χ1n) is 6.12. The fraction of sp³-hybridized carbons (Fsp3) is 0.0714. The predicted octanol–water partition coefficient (Wildman–Crippen LogP) is 2.65. The number of ether oxygens (including phenoxy) is 1. The number of halogens is 1. The molecule has 1 heterocycles. The first-order valence-corrected chi connectivity index (χ1v) is 6.50. The number of methoxy groups -OCH3 is 1. The maximum Gasteiger partial charge on any atom is 0.211 e. The molecule has 0 aliphatic heterocycles. The molecule has 7 heteroatoms. The van der Waals surface area contributed by atoms with Crippen LogP contribution in [0, 0.1) is 0 Å². The lowest BCUT2D eigenvalue weighted by molar-refractivity contribution is -0.105. The zero-order valence-corrected chi connectivity index (χ0v) is 11.8. The van der Waals surface area contributed by atoms with Crippen LogP contribution in [0.2, 0.25) is 5.02 Å². The fourth-order valence-corrected chi connectivity index (χ4v) is 2.22. The highest BCUT2D eigenvalue weighted by molar-refractivity contribution is 6.32. The second-order valence-corrected chi connectivity index (χ2v) is 4.68. The lowest BCUT2D eigenvalue weighted by atomic mass is 10.3. The van der Waals surface area contributed by atoms with Gasteiger partial charge < -0.3 is 10.1 Å². The molecule has 0 aliphatic rings. The number of hydrogen-bond acceptors (Lipinski definition) is 4. The predicted molar refractivity (Wildman–Crippen MR) is 80.1 cm³/mol. The summed E-state index contributed by atoms with van der Waals surface area (Å²) in [4.78, 5) is 11.9. The molecule has 0 atom stereocenters. The fourth-order valence-electron chi connectivity index (χ4n) is 1.97. The normalized spacial score (nSPS) is 10.6. The van der Waals surface area contributed by atoms with Crippen molar-refractivity contribution in [2.24, 2.45) is 0 Å². The van der Waals surface area contributed by atoms with Crippen molar-refractivity contribution in [3.05, 3.63) is 41.4 Å². The smallest absolute Gasteiger partial charge is 0.211 e. The van der Waals surface area contributed by atoms with Crippen LogP contribution >= 0.6 is 11.6 Å². The molecule has 3 aromatic rings. The van der Waals surface area contributed by atoms with Gasteiger partial charge in [-0.15, -0.1) is 10.2 Å². The maximum atomic E-state index is 10.5. The number of nitrogens with zero attached hydrogens (tertiary/aromatic N) is 3. The minimum Gasteiger partial charge on any atom is -0.495 e. The minimum absolute atomic E-state index is 0.486. The first kappa shape index (κ1) is 13.4. The zero-order valence-electron chi connectivity index (χ0n) is 11.1. The van der Waals surface area contributed by atoms with E-state index in [0.717, 1.165) is 11.2 Å². The molecule has 1 amide bonds. The number of hydrogen-bond donors (Lipinski definition) is 1. The van der Waals surface area contributed by atoms with Gasteiger partial charge in [0.25, 0.3) is 0 Å². The molecule has 0 unspecified atom stereocenters. The van der Waals surface area contributed by atoms with E-state index >= 15 is 0 Å². The molecule has 3 rings (SSSR count). The van der Waals surface area contributed by atoms with E-state index in [-0.39, 0.29) is 0 Å². The van der Waals surface area contributed by atoms with Crippen molar-refractivity contribution in [2.45, 2.75) is 0 Å². The number of aromatic nitrogens is 3. The molecule has 0 spiro atoms. The average Bonchev–Trinajstić information content (AvgIpc) is 2.90. The Morgan fingerprint density at radius 2 is 2.00 bits per heavy atom. The molecule has 6 nitrogen and oxygen atoms in total. The van der Waals surface area contributed by atoms with Gasteiger partial charge in [0.2, 0.25) is 6.41 Å². The molecule has 0 radical (unpaired) electrons. The molecular weight excluding hydrogens is 292 g/mol. The van der Waals surface area contributed by atoms with Crippen molar-refractivity contribution in [3.8, 4) is 11.4 Å². The zero-order chi connectivity index (χ0) is 14.8. The third-order valence-electron chi connectivity index (χ3n) is 2.97. The number of amides is 1. The molecule has 0 saturated heterocycles. The van der Waals surface area contributed by atoms with E-state index in [4.69, 9.17) is 16.3 Å². The second kappa shape index (κ2) is 5.41. The van der Waals surface area contributed by atoms with Gasteiger partial charge in [0, 0.05) is 5.69 Å². The average molecular weight is 303 g/mol. The molecule has 21 heavy (non-hydrogen) atoms. The maximum absolute atomic E-state index is 10.5. The quantitative estimate of drug-likeness (QED) is 0.752. The van der Waals surface area contributed by atoms with E-state index in [1.807, 2.05) is 6.07 Å². The molecule has 1 aromatic heterocycles. The summed E-state index contributed by atoms with van der Waals surface area (Å²) in [5.41, 5.74) is 2.78. The van der Waals surface area contributed by atoms with Crippen LogP contribution in [-0.4, -0.2) is 28.5 Å². The summed E-state index contributed by atoms with van der Waals surface area (Å²) in [7, 11) is 1.56. The number of rotatable bonds is 4. The number of carbonyl (C=O) groups excluding carboxylic acids is 1. The summed E-state index contributed by atoms with van der Waals surface area (Å²) in [5.74, 6) is 0.592. The second-order valence-electron chi connectivity index (χ2n) is 4.27. The van der Waals surface area contributed by atoms with Crippen molar-refractivity contribution in [2.75, 3.05) is 12.4 Å². The van der Waals surface area contributed by atoms with Gasteiger partial charge in [-0.3, -0.25) is 4.79 Å². The van der Waals surface area contributed by atoms with Gasteiger partial charge in [-0.25, -0.2) is 0 Å². The van der Waals surface area contributed by atoms with Gasteiger partial charge >= 0.3 is 0 Å². The Labute approximate surface area is 125 Å². The standard InChI is InChI=1S/C14H11ClN4O2/c1-21-14-5-3-10(7-11(14)15)19-17-12-4-2-9(16-8-20)6-13(12)18-19/h2-8H,1H3,(H,16,20). The molecular formula is C14H11ClN4O2. The van der Waals surface area contributed by atoms with Gasteiger partial charge in [-0.2, -0.15) is 4.80 Å². The topological polar surface area (TPSA) is 69.0 Å². The molecule has 0 bridgehead atoms. The van der Waals surface area contributed by atoms with Crippen molar-refractivity contribution in [1.29, 1.82) is 0 Å². The van der Waals surface area contributed by atoms with Crippen LogP contribution in [0.25, 0.3) is 16.7 Å². The van der Waals surface area contributed by atoms with Crippen molar-refractivity contribution in [3.63, 3.8) is 0 Å². The van der Waals surface area contributed by atoms with E-state index in [1.54, 1.807) is 37.4 Å². The number of carbonyl (C=O) groups is 1. The van der Waals surface area contributed by atoms with E-state index in [9.17, 15) is 4.79 Å². The van der Waals surface area contributed by atoms with Gasteiger partial charge in [0.1, 0.15) is 16.8 Å². The summed E-state index contributed by atoms with van der Waals surface area (Å²) >= 11 is 6.10. The van der Waals surface area contributed by atoms with Crippen LogP contribution in [0.5, 0.6) is 5.75 Å². The highest BCUT2D eigenvalue weighted by Crippen LogP contribution is 2.26. The molecule has 1 N–H and O–H groups in total. The number of benzene rings is 2. The molecule has 106 valence electrons. The van der Waals surface area contributed by atoms with Crippen LogP contribution in [0.3, 0.4) is 0 Å². The SMILES string of the molecule is COc1ccc(-n2nc3ccc(NC=O)cc3n2)cc1Cl. The summed E-state index contributed by atoms with van der Waals surface area (Å²) in [6.45, 7) is 0. The Bertz CT molecular complexity index is 816. The molecule has 2 aromatic carbocycles. The first-order chi connectivity index (χ1) is 10.2. The number of fused-ring (bicyclic) bond motifs is 1. The highest BCUT2D eigenvalue weighted by Gasteiger charge is 2.08. The third kappa shape index (κ3) is 2.53. The largest absolute Gasteiger partial charge is 0.495 e. The third-order valence-corrected chi connectivity index (χ3v) is 3.27. The number of anilines is 1. The van der Waals surface area contributed by atoms with Crippen LogP contribution in [0.1, 0.15) is 0 Å². The van der Waals surface area contributed by atoms with Gasteiger partial charge in [-0.1, -0.05) is 11.6 Å². The lowest BCUT2D eigenvalue weighted by Gasteiger charge is -2.04. The van der Waals surface area contributed by atoms with E-state index in [1.165, 1.54) is 4.80 Å². The Morgan fingerprint density at radius 1 is 1.19 bits per heavy atom. The van der Waals surface area contributed by atoms with Crippen molar-refractivity contribution in [1.82, 2.24) is 15.0 Å². The Morgan fingerprint density at radius 3 is 2.71 bits per heavy atom. The molecule has 0 aliphatic carbocycles. The van der Waals surface area contributed by atoms with Crippen LogP contribution in [-0.2, 0) is 4.79 Å². The summed E-state index contributed by atoms with van der Waals surface area (Å²) in [6, 6.07) is 10.6. The van der Waals surface area contributed by atoms with Crippen molar-refractivity contribution < 1.29 is 9.53 Å².